The quantitative estimate of drug-likeness (QED) is 0.826. The molecule has 0 bridgehead atoms. The third-order valence-corrected chi connectivity index (χ3v) is 6.61. The monoisotopic (exact) mass is 347 g/mol. The van der Waals surface area contributed by atoms with Crippen molar-refractivity contribution in [2.75, 3.05) is 4.23 Å². The minimum atomic E-state index is -1.77. The summed E-state index contributed by atoms with van der Waals surface area (Å²) in [7, 11) is 6.39. The Morgan fingerprint density at radius 3 is 1.76 bits per heavy atom. The molecule has 1 N–H and O–H groups in total. The Morgan fingerprint density at radius 1 is 0.765 bits per heavy atom. The fourth-order valence-electron chi connectivity index (χ4n) is 1.27. The van der Waals surface area contributed by atoms with E-state index in [4.69, 9.17) is 33.2 Å². The molecule has 2 aromatic carbocycles. The average Bonchev–Trinajstić information content (AvgIpc) is 2.33. The molecule has 0 fully saturated rings. The summed E-state index contributed by atoms with van der Waals surface area (Å²) in [5.74, 6) is 0. The van der Waals surface area contributed by atoms with Crippen molar-refractivity contribution < 1.29 is 0 Å². The Labute approximate surface area is 119 Å². The van der Waals surface area contributed by atoms with Gasteiger partial charge in [-0.2, -0.15) is 0 Å². The van der Waals surface area contributed by atoms with Crippen LogP contribution in [-0.2, 0) is 0 Å². The summed E-state index contributed by atoms with van der Waals surface area (Å²) in [6.07, 6.45) is 0. The van der Waals surface area contributed by atoms with E-state index in [0.717, 1.165) is 20.1 Å². The number of hydrogen-bond donors (Lipinski definition) is 1. The van der Waals surface area contributed by atoms with Crippen LogP contribution < -0.4 is 8.58 Å². The second-order valence-electron chi connectivity index (χ2n) is 3.38. The minimum absolute atomic E-state index is 0.718. The number of halogens is 3. The van der Waals surface area contributed by atoms with Gasteiger partial charge in [0.1, 0.15) is 0 Å². The molecule has 0 amide bonds. The summed E-state index contributed by atoms with van der Waals surface area (Å²) in [5, 5.41) is 1.44. The Balaban J connectivity index is 2.08. The second-order valence-corrected chi connectivity index (χ2v) is 8.74. The summed E-state index contributed by atoms with van der Waals surface area (Å²) in [5.41, 5.74) is 0.986. The third-order valence-electron chi connectivity index (χ3n) is 2.12. The van der Waals surface area contributed by atoms with Crippen LogP contribution in [0.2, 0.25) is 10.0 Å². The van der Waals surface area contributed by atoms with E-state index in [9.17, 15) is 0 Å². The first-order valence-corrected chi connectivity index (χ1v) is 9.99. The van der Waals surface area contributed by atoms with Gasteiger partial charge in [0.15, 0.2) is 0 Å². The molecule has 0 aliphatic rings. The molecular weight excluding hydrogens is 339 g/mol. The van der Waals surface area contributed by atoms with Gasteiger partial charge in [-0.1, -0.05) is 0 Å². The molecule has 0 radical (unpaired) electrons. The van der Waals surface area contributed by atoms with E-state index in [2.05, 4.69) is 4.23 Å². The summed E-state index contributed by atoms with van der Waals surface area (Å²) in [6.45, 7) is 0. The molecule has 1 unspecified atom stereocenters. The van der Waals surface area contributed by atoms with Crippen LogP contribution >= 0.6 is 33.2 Å². The molecule has 0 aliphatic heterocycles. The van der Waals surface area contributed by atoms with Crippen LogP contribution in [0.1, 0.15) is 0 Å². The van der Waals surface area contributed by atoms with E-state index < -0.39 is 13.9 Å². The number of anilines is 1. The van der Waals surface area contributed by atoms with Crippen LogP contribution in [0.3, 0.4) is 0 Å². The first-order chi connectivity index (χ1) is 8.15. The second kappa shape index (κ2) is 6.02. The fraction of sp³-hybridized carbons (Fsp3) is 0. The van der Waals surface area contributed by atoms with Gasteiger partial charge in [-0.3, -0.25) is 0 Å². The van der Waals surface area contributed by atoms with Gasteiger partial charge in [-0.15, -0.1) is 0 Å². The van der Waals surface area contributed by atoms with E-state index in [0.29, 0.717) is 0 Å². The summed E-state index contributed by atoms with van der Waals surface area (Å²) in [4.78, 5) is 0. The van der Waals surface area contributed by atoms with Crippen molar-refractivity contribution in [3.63, 3.8) is 0 Å². The average molecular weight is 348 g/mol. The molecule has 0 aliphatic carbocycles. The van der Waals surface area contributed by atoms with Crippen LogP contribution in [-0.4, -0.2) is 13.9 Å². The van der Waals surface area contributed by atoms with Gasteiger partial charge in [-0.25, -0.2) is 0 Å². The van der Waals surface area contributed by atoms with Gasteiger partial charge in [-0.05, 0) is 0 Å². The van der Waals surface area contributed by atoms with Gasteiger partial charge in [0.2, 0.25) is 0 Å². The predicted octanol–water partition coefficient (Wildman–Crippen LogP) is 4.04. The molecule has 0 aromatic heterocycles. The van der Waals surface area contributed by atoms with Gasteiger partial charge < -0.3 is 0 Å². The number of rotatable bonds is 3. The van der Waals surface area contributed by atoms with E-state index in [1.165, 1.54) is 0 Å². The van der Waals surface area contributed by atoms with Crippen LogP contribution in [0, 0.1) is 0 Å². The molecule has 17 heavy (non-hydrogen) atoms. The maximum atomic E-state index is 6.39. The Kier molecular flexibility index (Phi) is 4.64. The molecule has 1 atom stereocenters. The van der Waals surface area contributed by atoms with Gasteiger partial charge in [0, 0.05) is 0 Å². The van der Waals surface area contributed by atoms with E-state index in [1.54, 1.807) is 0 Å². The Morgan fingerprint density at radius 2 is 1.24 bits per heavy atom. The molecule has 0 spiro atoms. The normalized spacial score (nSPS) is 12.2. The van der Waals surface area contributed by atoms with Crippen molar-refractivity contribution in [1.29, 1.82) is 0 Å². The molecule has 1 nitrogen and oxygen atoms in total. The predicted molar refractivity (Wildman–Crippen MR) is 77.8 cm³/mol. The first kappa shape index (κ1) is 13.1. The molecule has 2 aromatic rings. The summed E-state index contributed by atoms with van der Waals surface area (Å²) < 4.78 is 4.42. The van der Waals surface area contributed by atoms with Gasteiger partial charge >= 0.3 is 120 Å². The SMILES string of the molecule is Clc1ccc(N[As](Cl)c2ccc(Cl)cc2)cc1. The molecule has 88 valence electrons. The van der Waals surface area contributed by atoms with Gasteiger partial charge in [0.25, 0.3) is 0 Å². The maximum absolute atomic E-state index is 6.39. The van der Waals surface area contributed by atoms with Crippen LogP contribution in [0.4, 0.5) is 5.69 Å². The van der Waals surface area contributed by atoms with Crippen molar-refractivity contribution in [3.8, 4) is 0 Å². The number of hydrogen-bond acceptors (Lipinski definition) is 1. The molecular formula is C12H9AsCl3N. The van der Waals surface area contributed by atoms with Crippen molar-refractivity contribution in [2.45, 2.75) is 0 Å². The molecule has 2 rings (SSSR count). The molecule has 0 heterocycles. The van der Waals surface area contributed by atoms with Gasteiger partial charge in [0.05, 0.1) is 0 Å². The van der Waals surface area contributed by atoms with Crippen molar-refractivity contribution in [3.05, 3.63) is 58.6 Å². The Bertz CT molecular complexity index is 484. The number of nitrogens with one attached hydrogen (secondary N) is 1. The molecule has 0 saturated carbocycles. The standard InChI is InChI=1S/C12H9AsCl3N/c14-10-3-1-9(2-4-10)13(16)17-12-7-5-11(15)6-8-12/h1-8,17H. The molecule has 5 heteroatoms. The summed E-state index contributed by atoms with van der Waals surface area (Å²) in [6, 6.07) is 15.1. The van der Waals surface area contributed by atoms with E-state index in [-0.39, 0.29) is 0 Å². The van der Waals surface area contributed by atoms with E-state index >= 15 is 0 Å². The third kappa shape index (κ3) is 3.82. The summed E-state index contributed by atoms with van der Waals surface area (Å²) >= 11 is 9.88. The van der Waals surface area contributed by atoms with Crippen molar-refractivity contribution in [1.82, 2.24) is 0 Å². The zero-order valence-corrected chi connectivity index (χ0v) is 12.8. The van der Waals surface area contributed by atoms with Crippen molar-refractivity contribution in [2.24, 2.45) is 0 Å². The zero-order chi connectivity index (χ0) is 12.3. The molecule has 0 saturated heterocycles. The van der Waals surface area contributed by atoms with Crippen LogP contribution in [0.5, 0.6) is 0 Å². The van der Waals surface area contributed by atoms with Crippen molar-refractivity contribution >= 4 is 57.1 Å². The first-order valence-electron chi connectivity index (χ1n) is 4.89. The Hall–Kier alpha value is -0.332. The fourth-order valence-corrected chi connectivity index (χ4v) is 4.54. The van der Waals surface area contributed by atoms with E-state index in [1.807, 2.05) is 48.5 Å². The van der Waals surface area contributed by atoms with Crippen LogP contribution in [0.25, 0.3) is 0 Å². The topological polar surface area (TPSA) is 12.0 Å². The van der Waals surface area contributed by atoms with Crippen LogP contribution in [0.15, 0.2) is 48.5 Å². The zero-order valence-electron chi connectivity index (χ0n) is 8.70. The number of benzene rings is 2.